The maximum Gasteiger partial charge on any atom is 0.124 e. The first kappa shape index (κ1) is 14.0. The normalized spacial score (nSPS) is 10.5. The van der Waals surface area contributed by atoms with Crippen molar-refractivity contribution in [3.05, 3.63) is 29.3 Å². The second-order valence-electron chi connectivity index (χ2n) is 4.58. The zero-order valence-electron chi connectivity index (χ0n) is 11.2. The van der Waals surface area contributed by atoms with Crippen LogP contribution >= 0.6 is 0 Å². The fraction of sp³-hybridized carbons (Fsp3) is 0.600. The third-order valence-corrected chi connectivity index (χ3v) is 2.95. The summed E-state index contributed by atoms with van der Waals surface area (Å²) in [5, 5.41) is 0. The fourth-order valence-corrected chi connectivity index (χ4v) is 1.85. The lowest BCUT2D eigenvalue weighted by atomic mass is 10.1. The van der Waals surface area contributed by atoms with Gasteiger partial charge in [-0.2, -0.15) is 0 Å². The predicted molar refractivity (Wildman–Crippen MR) is 73.3 cm³/mol. The van der Waals surface area contributed by atoms with Gasteiger partial charge in [-0.15, -0.1) is 0 Å². The van der Waals surface area contributed by atoms with Crippen molar-refractivity contribution < 1.29 is 4.74 Å². The minimum atomic E-state index is 0.547. The molecule has 0 radical (unpaired) electrons. The molecule has 0 heterocycles. The molecule has 0 atom stereocenters. The third kappa shape index (κ3) is 5.22. The highest BCUT2D eigenvalue weighted by atomic mass is 16.5. The first-order valence-electron chi connectivity index (χ1n) is 6.70. The van der Waals surface area contributed by atoms with E-state index in [9.17, 15) is 0 Å². The predicted octanol–water partition coefficient (Wildman–Crippen LogP) is 3.80. The number of ether oxygens (including phenoxy) is 1. The zero-order valence-corrected chi connectivity index (χ0v) is 11.2. The van der Waals surface area contributed by atoms with Gasteiger partial charge in [0.05, 0.1) is 6.61 Å². The van der Waals surface area contributed by atoms with Crippen LogP contribution in [0.4, 0.5) is 0 Å². The average molecular weight is 235 g/mol. The van der Waals surface area contributed by atoms with Gasteiger partial charge in [-0.25, -0.2) is 0 Å². The van der Waals surface area contributed by atoms with Crippen LogP contribution < -0.4 is 10.5 Å². The lowest BCUT2D eigenvalue weighted by Gasteiger charge is -2.11. The van der Waals surface area contributed by atoms with Crippen molar-refractivity contribution in [1.82, 2.24) is 0 Å². The van der Waals surface area contributed by atoms with Gasteiger partial charge in [-0.05, 0) is 25.0 Å². The molecule has 0 bridgehead atoms. The van der Waals surface area contributed by atoms with Gasteiger partial charge in [0.2, 0.25) is 0 Å². The number of aryl methyl sites for hydroxylation is 1. The Morgan fingerprint density at radius 1 is 1.12 bits per heavy atom. The van der Waals surface area contributed by atoms with E-state index in [-0.39, 0.29) is 0 Å². The maximum absolute atomic E-state index is 5.81. The van der Waals surface area contributed by atoms with Crippen molar-refractivity contribution in [3.8, 4) is 5.75 Å². The van der Waals surface area contributed by atoms with Crippen LogP contribution in [0.5, 0.6) is 5.75 Å². The van der Waals surface area contributed by atoms with Gasteiger partial charge in [-0.1, -0.05) is 44.7 Å². The minimum absolute atomic E-state index is 0.547. The van der Waals surface area contributed by atoms with Crippen LogP contribution in [0.3, 0.4) is 0 Å². The van der Waals surface area contributed by atoms with Crippen LogP contribution in [0, 0.1) is 6.92 Å². The Kier molecular flexibility index (Phi) is 6.71. The highest BCUT2D eigenvalue weighted by Gasteiger charge is 2.02. The van der Waals surface area contributed by atoms with E-state index in [4.69, 9.17) is 10.5 Å². The monoisotopic (exact) mass is 235 g/mol. The molecule has 2 N–H and O–H groups in total. The molecular formula is C15H25NO. The number of hydrogen-bond acceptors (Lipinski definition) is 2. The minimum Gasteiger partial charge on any atom is -0.493 e. The van der Waals surface area contributed by atoms with Gasteiger partial charge in [0.25, 0.3) is 0 Å². The van der Waals surface area contributed by atoms with E-state index in [1.807, 2.05) is 0 Å². The van der Waals surface area contributed by atoms with Crippen LogP contribution in [0.2, 0.25) is 0 Å². The molecule has 0 aliphatic rings. The smallest absolute Gasteiger partial charge is 0.124 e. The summed E-state index contributed by atoms with van der Waals surface area (Å²) in [6, 6.07) is 6.21. The first-order chi connectivity index (χ1) is 8.27. The molecule has 0 amide bonds. The summed E-state index contributed by atoms with van der Waals surface area (Å²) in [5.41, 5.74) is 8.02. The molecule has 2 heteroatoms. The molecule has 2 nitrogen and oxygen atoms in total. The van der Waals surface area contributed by atoms with Gasteiger partial charge in [0, 0.05) is 12.1 Å². The molecule has 1 rings (SSSR count). The number of benzene rings is 1. The summed E-state index contributed by atoms with van der Waals surface area (Å²) >= 11 is 0. The summed E-state index contributed by atoms with van der Waals surface area (Å²) in [7, 11) is 0. The van der Waals surface area contributed by atoms with Crippen molar-refractivity contribution in [2.75, 3.05) is 6.61 Å². The zero-order chi connectivity index (χ0) is 12.5. The van der Waals surface area contributed by atoms with Crippen LogP contribution in [-0.2, 0) is 6.54 Å². The maximum atomic E-state index is 5.81. The third-order valence-electron chi connectivity index (χ3n) is 2.95. The van der Waals surface area contributed by atoms with Crippen LogP contribution in [0.15, 0.2) is 18.2 Å². The van der Waals surface area contributed by atoms with Gasteiger partial charge in [-0.3, -0.25) is 0 Å². The van der Waals surface area contributed by atoms with E-state index in [1.165, 1.54) is 31.2 Å². The Bertz CT molecular complexity index is 323. The van der Waals surface area contributed by atoms with Crippen LogP contribution in [0.1, 0.15) is 50.2 Å². The van der Waals surface area contributed by atoms with Gasteiger partial charge in [0.15, 0.2) is 0 Å². The van der Waals surface area contributed by atoms with Gasteiger partial charge >= 0.3 is 0 Å². The number of nitrogens with two attached hydrogens (primary N) is 1. The molecule has 0 aliphatic heterocycles. The van der Waals surface area contributed by atoms with Crippen molar-refractivity contribution in [2.45, 2.75) is 52.5 Å². The summed E-state index contributed by atoms with van der Waals surface area (Å²) < 4.78 is 5.81. The Morgan fingerprint density at radius 3 is 2.59 bits per heavy atom. The quantitative estimate of drug-likeness (QED) is 0.695. The van der Waals surface area contributed by atoms with Crippen molar-refractivity contribution in [3.63, 3.8) is 0 Å². The van der Waals surface area contributed by atoms with E-state index in [0.29, 0.717) is 6.54 Å². The molecule has 0 saturated heterocycles. The van der Waals surface area contributed by atoms with E-state index >= 15 is 0 Å². The highest BCUT2D eigenvalue weighted by molar-refractivity contribution is 5.36. The fourth-order valence-electron chi connectivity index (χ4n) is 1.85. The lowest BCUT2D eigenvalue weighted by Crippen LogP contribution is -2.04. The second kappa shape index (κ2) is 8.13. The van der Waals surface area contributed by atoms with Crippen LogP contribution in [-0.4, -0.2) is 6.61 Å². The Morgan fingerprint density at radius 2 is 1.88 bits per heavy atom. The summed E-state index contributed by atoms with van der Waals surface area (Å²) in [5.74, 6) is 0.961. The SMILES string of the molecule is CCCCCCCOc1cc(C)ccc1CN. The molecule has 17 heavy (non-hydrogen) atoms. The molecule has 0 fully saturated rings. The van der Waals surface area contributed by atoms with Gasteiger partial charge in [0.1, 0.15) is 5.75 Å². The van der Waals surface area contributed by atoms with E-state index < -0.39 is 0 Å². The van der Waals surface area contributed by atoms with Crippen molar-refractivity contribution >= 4 is 0 Å². The highest BCUT2D eigenvalue weighted by Crippen LogP contribution is 2.20. The number of rotatable bonds is 8. The second-order valence-corrected chi connectivity index (χ2v) is 4.58. The molecule has 0 saturated carbocycles. The van der Waals surface area contributed by atoms with Crippen LogP contribution in [0.25, 0.3) is 0 Å². The average Bonchev–Trinajstić information content (AvgIpc) is 2.34. The number of unbranched alkanes of at least 4 members (excludes halogenated alkanes) is 4. The Labute approximate surface area is 105 Å². The summed E-state index contributed by atoms with van der Waals surface area (Å²) in [6.45, 7) is 5.66. The number of hydrogen-bond donors (Lipinski definition) is 1. The molecule has 1 aromatic rings. The molecule has 0 aliphatic carbocycles. The first-order valence-corrected chi connectivity index (χ1v) is 6.70. The molecule has 0 aromatic heterocycles. The molecule has 0 unspecified atom stereocenters. The largest absolute Gasteiger partial charge is 0.493 e. The molecule has 96 valence electrons. The van der Waals surface area contributed by atoms with Crippen molar-refractivity contribution in [2.24, 2.45) is 5.73 Å². The van der Waals surface area contributed by atoms with Gasteiger partial charge < -0.3 is 10.5 Å². The molecule has 1 aromatic carbocycles. The topological polar surface area (TPSA) is 35.2 Å². The molecule has 0 spiro atoms. The Balaban J connectivity index is 2.32. The standard InChI is InChI=1S/C15H25NO/c1-3-4-5-6-7-10-17-15-11-13(2)8-9-14(15)12-16/h8-9,11H,3-7,10,12,16H2,1-2H3. The van der Waals surface area contributed by atoms with E-state index in [1.54, 1.807) is 0 Å². The Hall–Kier alpha value is -1.02. The summed E-state index contributed by atoms with van der Waals surface area (Å²) in [6.07, 6.45) is 6.33. The summed E-state index contributed by atoms with van der Waals surface area (Å²) in [4.78, 5) is 0. The van der Waals surface area contributed by atoms with E-state index in [2.05, 4.69) is 32.0 Å². The van der Waals surface area contributed by atoms with Crippen molar-refractivity contribution in [1.29, 1.82) is 0 Å². The van der Waals surface area contributed by atoms with E-state index in [0.717, 1.165) is 24.3 Å². The molecular weight excluding hydrogens is 210 g/mol. The lowest BCUT2D eigenvalue weighted by molar-refractivity contribution is 0.301.